The average molecular weight is 449 g/mol. The minimum absolute atomic E-state index is 0.0408. The zero-order valence-corrected chi connectivity index (χ0v) is 16.7. The Morgan fingerprint density at radius 3 is 2.38 bits per heavy atom. The van der Waals surface area contributed by atoms with Crippen LogP contribution in [0.4, 0.5) is 19.0 Å². The van der Waals surface area contributed by atoms with Crippen molar-refractivity contribution in [3.8, 4) is 0 Å². The van der Waals surface area contributed by atoms with Crippen LogP contribution >= 0.6 is 11.6 Å². The number of pyridine rings is 1. The number of nitrogens with zero attached hydrogens (tertiary/aromatic N) is 2. The fraction of sp³-hybridized carbons (Fsp3) is 0.333. The van der Waals surface area contributed by atoms with Gasteiger partial charge in [-0.15, -0.1) is 0 Å². The zero-order valence-electron chi connectivity index (χ0n) is 15.1. The van der Waals surface area contributed by atoms with Gasteiger partial charge in [0, 0.05) is 12.7 Å². The molecular formula is C18H16ClF3N2O4S. The number of ether oxygens (including phenoxy) is 1. The minimum Gasteiger partial charge on any atom is -0.465 e. The molecule has 6 nitrogen and oxygen atoms in total. The third-order valence-corrected chi connectivity index (χ3v) is 6.42. The van der Waals surface area contributed by atoms with E-state index in [9.17, 15) is 26.4 Å². The number of benzene rings is 1. The normalized spacial score (nSPS) is 14.5. The molecule has 1 aliphatic rings. The van der Waals surface area contributed by atoms with Crippen LogP contribution in [-0.2, 0) is 20.9 Å². The Bertz CT molecular complexity index is 1020. The summed E-state index contributed by atoms with van der Waals surface area (Å²) < 4.78 is 70.5. The van der Waals surface area contributed by atoms with Crippen molar-refractivity contribution in [3.63, 3.8) is 0 Å². The number of esters is 1. The van der Waals surface area contributed by atoms with E-state index in [0.717, 1.165) is 17.1 Å². The standard InChI is InChI=1S/C18H16ClF3N2O4S/c1-28-17(25)12-4-6-14(7-5-12)29(26,27)24(10-11-2-3-11)16-15(19)8-13(9-23-16)18(20,21)22/h4-9,11H,2-3,10H2,1H3. The van der Waals surface area contributed by atoms with Crippen molar-refractivity contribution in [1.82, 2.24) is 4.98 Å². The highest BCUT2D eigenvalue weighted by molar-refractivity contribution is 7.92. The monoisotopic (exact) mass is 448 g/mol. The summed E-state index contributed by atoms with van der Waals surface area (Å²) in [5, 5.41) is -0.421. The molecule has 0 spiro atoms. The lowest BCUT2D eigenvalue weighted by molar-refractivity contribution is -0.137. The highest BCUT2D eigenvalue weighted by Gasteiger charge is 2.36. The third-order valence-electron chi connectivity index (χ3n) is 4.37. The Morgan fingerprint density at radius 1 is 1.28 bits per heavy atom. The van der Waals surface area contributed by atoms with E-state index >= 15 is 0 Å². The maximum atomic E-state index is 13.2. The van der Waals surface area contributed by atoms with Crippen molar-refractivity contribution in [2.45, 2.75) is 23.9 Å². The highest BCUT2D eigenvalue weighted by Crippen LogP contribution is 2.38. The summed E-state index contributed by atoms with van der Waals surface area (Å²) in [6.07, 6.45) is -2.51. The first-order chi connectivity index (χ1) is 13.5. The lowest BCUT2D eigenvalue weighted by Gasteiger charge is -2.24. The van der Waals surface area contributed by atoms with Crippen LogP contribution in [0.1, 0.15) is 28.8 Å². The molecule has 0 bridgehead atoms. The van der Waals surface area contributed by atoms with Crippen LogP contribution in [0, 0.1) is 5.92 Å². The molecule has 1 aliphatic carbocycles. The van der Waals surface area contributed by atoms with Crippen LogP contribution in [0.25, 0.3) is 0 Å². The Balaban J connectivity index is 2.01. The van der Waals surface area contributed by atoms with Crippen LogP contribution in [0.5, 0.6) is 0 Å². The highest BCUT2D eigenvalue weighted by atomic mass is 35.5. The molecule has 29 heavy (non-hydrogen) atoms. The molecule has 0 aliphatic heterocycles. The molecule has 1 saturated carbocycles. The van der Waals surface area contributed by atoms with Gasteiger partial charge in [-0.2, -0.15) is 13.2 Å². The first kappa shape index (κ1) is 21.4. The lowest BCUT2D eigenvalue weighted by Crippen LogP contribution is -2.34. The summed E-state index contributed by atoms with van der Waals surface area (Å²) in [5.74, 6) is -0.834. The van der Waals surface area contributed by atoms with Gasteiger partial charge < -0.3 is 4.74 Å². The van der Waals surface area contributed by atoms with Crippen LogP contribution in [0.2, 0.25) is 5.02 Å². The molecule has 1 aromatic heterocycles. The van der Waals surface area contributed by atoms with Crippen LogP contribution in [0.3, 0.4) is 0 Å². The van der Waals surface area contributed by atoms with Gasteiger partial charge in [0.2, 0.25) is 0 Å². The fourth-order valence-corrected chi connectivity index (χ4v) is 4.44. The SMILES string of the molecule is COC(=O)c1ccc(S(=O)(=O)N(CC2CC2)c2ncc(C(F)(F)F)cc2Cl)cc1. The quantitative estimate of drug-likeness (QED) is 0.620. The Morgan fingerprint density at radius 2 is 1.90 bits per heavy atom. The van der Waals surface area contributed by atoms with E-state index < -0.39 is 32.8 Å². The molecule has 1 aromatic carbocycles. The Kier molecular flexibility index (Phi) is 5.77. The van der Waals surface area contributed by atoms with Gasteiger partial charge in [0.15, 0.2) is 5.82 Å². The third kappa shape index (κ3) is 4.64. The lowest BCUT2D eigenvalue weighted by atomic mass is 10.2. The summed E-state index contributed by atoms with van der Waals surface area (Å²) in [6, 6.07) is 5.67. The average Bonchev–Trinajstić information content (AvgIpc) is 3.49. The van der Waals surface area contributed by atoms with Gasteiger partial charge in [0.25, 0.3) is 10.0 Å². The van der Waals surface area contributed by atoms with Gasteiger partial charge in [-0.1, -0.05) is 11.6 Å². The van der Waals surface area contributed by atoms with Gasteiger partial charge in [0.1, 0.15) is 0 Å². The smallest absolute Gasteiger partial charge is 0.417 e. The van der Waals surface area contributed by atoms with Crippen LogP contribution in [0.15, 0.2) is 41.4 Å². The molecule has 2 aromatic rings. The largest absolute Gasteiger partial charge is 0.465 e. The van der Waals surface area contributed by atoms with Crippen molar-refractivity contribution >= 4 is 33.4 Å². The van der Waals surface area contributed by atoms with E-state index in [-0.39, 0.29) is 28.7 Å². The topological polar surface area (TPSA) is 76.6 Å². The summed E-state index contributed by atoms with van der Waals surface area (Å²) >= 11 is 5.98. The van der Waals surface area contributed by atoms with Crippen LogP contribution < -0.4 is 4.31 Å². The predicted molar refractivity (Wildman–Crippen MR) is 99.3 cm³/mol. The van der Waals surface area contributed by atoms with Gasteiger partial charge in [-0.25, -0.2) is 22.5 Å². The predicted octanol–water partition coefficient (Wildman–Crippen LogP) is 4.15. The maximum Gasteiger partial charge on any atom is 0.417 e. The van der Waals surface area contributed by atoms with Gasteiger partial charge >= 0.3 is 12.1 Å². The molecule has 0 radical (unpaired) electrons. The molecule has 0 unspecified atom stereocenters. The molecule has 0 saturated heterocycles. The molecule has 156 valence electrons. The van der Waals surface area contributed by atoms with Gasteiger partial charge in [-0.05, 0) is 49.1 Å². The van der Waals surface area contributed by atoms with E-state index in [4.69, 9.17) is 11.6 Å². The number of carbonyl (C=O) groups is 1. The summed E-state index contributed by atoms with van der Waals surface area (Å²) in [5.41, 5.74) is -0.914. The first-order valence-corrected chi connectivity index (χ1v) is 10.3. The number of hydrogen-bond acceptors (Lipinski definition) is 5. The number of anilines is 1. The Labute approximate surface area is 170 Å². The first-order valence-electron chi connectivity index (χ1n) is 8.48. The summed E-state index contributed by atoms with van der Waals surface area (Å²) in [7, 11) is -2.98. The van der Waals surface area contributed by atoms with E-state index in [1.807, 2.05) is 0 Å². The molecular weight excluding hydrogens is 433 g/mol. The van der Waals surface area contributed by atoms with Crippen molar-refractivity contribution in [2.24, 2.45) is 5.92 Å². The zero-order chi connectivity index (χ0) is 21.4. The van der Waals surface area contributed by atoms with E-state index in [2.05, 4.69) is 9.72 Å². The number of sulfonamides is 1. The number of halogens is 4. The molecule has 0 amide bonds. The molecule has 11 heteroatoms. The van der Waals surface area contributed by atoms with E-state index in [1.165, 1.54) is 31.4 Å². The molecule has 0 atom stereocenters. The molecule has 3 rings (SSSR count). The maximum absolute atomic E-state index is 13.2. The van der Waals surface area contributed by atoms with E-state index in [0.29, 0.717) is 12.3 Å². The van der Waals surface area contributed by atoms with Gasteiger partial charge in [0.05, 0.1) is 28.2 Å². The summed E-state index contributed by atoms with van der Waals surface area (Å²) in [6.45, 7) is 0.0408. The minimum atomic E-state index is -4.65. The second-order valence-electron chi connectivity index (χ2n) is 6.52. The number of rotatable bonds is 6. The van der Waals surface area contributed by atoms with Crippen LogP contribution in [-0.4, -0.2) is 33.0 Å². The number of carbonyl (C=O) groups excluding carboxylic acids is 1. The van der Waals surface area contributed by atoms with Crippen molar-refractivity contribution in [2.75, 3.05) is 18.0 Å². The van der Waals surface area contributed by atoms with Crippen molar-refractivity contribution < 1.29 is 31.1 Å². The second-order valence-corrected chi connectivity index (χ2v) is 8.79. The number of aromatic nitrogens is 1. The molecule has 0 N–H and O–H groups in total. The van der Waals surface area contributed by atoms with Crippen molar-refractivity contribution in [1.29, 1.82) is 0 Å². The molecule has 1 fully saturated rings. The second kappa shape index (κ2) is 7.83. The van der Waals surface area contributed by atoms with Gasteiger partial charge in [-0.3, -0.25) is 0 Å². The molecule has 1 heterocycles. The number of methoxy groups -OCH3 is 1. The Hall–Kier alpha value is -2.33. The van der Waals surface area contributed by atoms with E-state index in [1.54, 1.807) is 0 Å². The fourth-order valence-electron chi connectivity index (χ4n) is 2.61. The summed E-state index contributed by atoms with van der Waals surface area (Å²) in [4.78, 5) is 15.1. The number of hydrogen-bond donors (Lipinski definition) is 0. The number of alkyl halides is 3. The van der Waals surface area contributed by atoms with Crippen molar-refractivity contribution in [3.05, 3.63) is 52.7 Å².